The maximum absolute atomic E-state index is 2.72. The van der Waals surface area contributed by atoms with E-state index in [0.717, 1.165) is 0 Å². The molecule has 0 bridgehead atoms. The van der Waals surface area contributed by atoms with Crippen molar-refractivity contribution in [3.63, 3.8) is 0 Å². The Kier molecular flexibility index (Phi) is 4.85. The first-order valence-corrected chi connectivity index (χ1v) is 11.2. The van der Waals surface area contributed by atoms with Crippen LogP contribution >= 0.6 is 0 Å². The Bertz CT molecular complexity index is 419. The van der Waals surface area contributed by atoms with Crippen LogP contribution < -0.4 is 0 Å². The third kappa shape index (κ3) is 4.46. The molecule has 1 fully saturated rings. The molecule has 1 aromatic rings. The molecule has 1 nitrogen and oxygen atoms in total. The quantitative estimate of drug-likeness (QED) is 0.747. The van der Waals surface area contributed by atoms with Crippen LogP contribution in [-0.2, 0) is 6.04 Å². The molecule has 0 radical (unpaired) electrons. The fraction of sp³-hybridized carbons (Fsp3) is 0.647. The molecule has 0 spiro atoms. The van der Waals surface area contributed by atoms with Crippen LogP contribution in [0.15, 0.2) is 18.2 Å². The zero-order valence-electron chi connectivity index (χ0n) is 13.1. The van der Waals surface area contributed by atoms with E-state index < -0.39 is 8.07 Å². The third-order valence-electron chi connectivity index (χ3n) is 4.27. The van der Waals surface area contributed by atoms with Crippen molar-refractivity contribution in [1.29, 1.82) is 0 Å². The number of likely N-dealkylation sites (tertiary alicyclic amines) is 1. The van der Waals surface area contributed by atoms with Gasteiger partial charge in [-0.05, 0) is 63.1 Å². The second-order valence-electron chi connectivity index (χ2n) is 7.11. The molecule has 0 amide bonds. The second-order valence-corrected chi connectivity index (χ2v) is 12.1. The van der Waals surface area contributed by atoms with Gasteiger partial charge >= 0.3 is 0 Å². The van der Waals surface area contributed by atoms with Gasteiger partial charge in [-0.1, -0.05) is 43.3 Å². The molecule has 106 valence electrons. The van der Waals surface area contributed by atoms with Gasteiger partial charge in [0.15, 0.2) is 0 Å². The molecule has 0 unspecified atom stereocenters. The first-order valence-electron chi connectivity index (χ1n) is 7.75. The van der Waals surface area contributed by atoms with Crippen molar-refractivity contribution in [3.05, 3.63) is 34.9 Å². The molecule has 19 heavy (non-hydrogen) atoms. The van der Waals surface area contributed by atoms with Crippen molar-refractivity contribution in [2.45, 2.75) is 52.2 Å². The van der Waals surface area contributed by atoms with Gasteiger partial charge in [0, 0.05) is 0 Å². The minimum absolute atomic E-state index is 1.15. The number of rotatable bonds is 4. The van der Waals surface area contributed by atoms with Gasteiger partial charge in [-0.2, -0.15) is 0 Å². The van der Waals surface area contributed by atoms with Crippen LogP contribution in [0.3, 0.4) is 0 Å². The lowest BCUT2D eigenvalue weighted by atomic mass is 10.1. The molecule has 0 saturated carbocycles. The molecule has 0 N–H and O–H groups in total. The topological polar surface area (TPSA) is 3.24 Å². The predicted octanol–water partition coefficient (Wildman–Crippen LogP) is 4.12. The van der Waals surface area contributed by atoms with Crippen LogP contribution in [0.2, 0.25) is 13.1 Å². The summed E-state index contributed by atoms with van der Waals surface area (Å²) in [5.74, 6) is 0. The SMILES string of the molecule is Cc1ccc(C[Si](C)(C)CN2CCCCC2)c(C)c1. The lowest BCUT2D eigenvalue weighted by molar-refractivity contribution is 0.258. The smallest absolute Gasteiger partial charge is 0.0672 e. The molecule has 2 heteroatoms. The summed E-state index contributed by atoms with van der Waals surface area (Å²) >= 11 is 0. The number of aryl methyl sites for hydroxylation is 2. The van der Waals surface area contributed by atoms with Gasteiger partial charge in [0.2, 0.25) is 0 Å². The Balaban J connectivity index is 1.99. The van der Waals surface area contributed by atoms with Crippen LogP contribution in [0.4, 0.5) is 0 Å². The second kappa shape index (κ2) is 6.23. The molecule has 1 heterocycles. The van der Waals surface area contributed by atoms with Gasteiger partial charge in [0.25, 0.3) is 0 Å². The summed E-state index contributed by atoms with van der Waals surface area (Å²) in [4.78, 5) is 2.72. The van der Waals surface area contributed by atoms with Gasteiger partial charge in [0.05, 0.1) is 8.07 Å². The number of nitrogens with zero attached hydrogens (tertiary/aromatic N) is 1. The van der Waals surface area contributed by atoms with Gasteiger partial charge < -0.3 is 4.90 Å². The summed E-state index contributed by atoms with van der Waals surface area (Å²) in [5, 5.41) is 0. The molecule has 0 aliphatic carbocycles. The molecular weight excluding hydrogens is 246 g/mol. The van der Waals surface area contributed by atoms with E-state index in [1.54, 1.807) is 5.56 Å². The van der Waals surface area contributed by atoms with Crippen molar-refractivity contribution >= 4 is 8.07 Å². The molecule has 1 aliphatic rings. The Hall–Kier alpha value is -0.603. The van der Waals surface area contributed by atoms with Crippen LogP contribution in [0.1, 0.15) is 36.0 Å². The van der Waals surface area contributed by atoms with Crippen LogP contribution in [0.5, 0.6) is 0 Å². The van der Waals surface area contributed by atoms with E-state index >= 15 is 0 Å². The highest BCUT2D eigenvalue weighted by Gasteiger charge is 2.25. The van der Waals surface area contributed by atoms with Gasteiger partial charge in [-0.25, -0.2) is 0 Å². The van der Waals surface area contributed by atoms with Crippen molar-refractivity contribution < 1.29 is 0 Å². The van der Waals surface area contributed by atoms with Gasteiger partial charge in [0.1, 0.15) is 0 Å². The molecule has 2 rings (SSSR count). The zero-order valence-corrected chi connectivity index (χ0v) is 14.1. The van der Waals surface area contributed by atoms with Crippen molar-refractivity contribution in [3.8, 4) is 0 Å². The fourth-order valence-corrected chi connectivity index (χ4v) is 6.40. The van der Waals surface area contributed by atoms with E-state index in [4.69, 9.17) is 0 Å². The predicted molar refractivity (Wildman–Crippen MR) is 87.4 cm³/mol. The Morgan fingerprint density at radius 3 is 2.37 bits per heavy atom. The van der Waals surface area contributed by atoms with Gasteiger partial charge in [-0.3, -0.25) is 0 Å². The summed E-state index contributed by atoms with van der Waals surface area (Å²) in [6.07, 6.45) is 5.64. The zero-order chi connectivity index (χ0) is 13.9. The van der Waals surface area contributed by atoms with E-state index in [0.29, 0.717) is 0 Å². The van der Waals surface area contributed by atoms with Crippen molar-refractivity contribution in [1.82, 2.24) is 4.90 Å². The molecule has 0 aromatic heterocycles. The van der Waals surface area contributed by atoms with Crippen molar-refractivity contribution in [2.75, 3.05) is 19.3 Å². The Labute approximate surface area is 120 Å². The maximum atomic E-state index is 2.72. The Morgan fingerprint density at radius 1 is 1.05 bits per heavy atom. The standard InChI is InChI=1S/C17H29NSi/c1-15-8-9-17(16(2)12-15)13-19(3,4)14-18-10-6-5-7-11-18/h8-9,12H,5-7,10-11,13-14H2,1-4H3. The van der Waals surface area contributed by atoms with E-state index in [-0.39, 0.29) is 0 Å². The minimum atomic E-state index is -1.15. The van der Waals surface area contributed by atoms with Gasteiger partial charge in [-0.15, -0.1) is 0 Å². The van der Waals surface area contributed by atoms with E-state index in [1.165, 1.54) is 55.7 Å². The normalized spacial score (nSPS) is 17.7. The highest BCUT2D eigenvalue weighted by Crippen LogP contribution is 2.19. The van der Waals surface area contributed by atoms with E-state index in [1.807, 2.05) is 0 Å². The molecule has 0 atom stereocenters. The molecule has 1 aliphatic heterocycles. The summed E-state index contributed by atoms with van der Waals surface area (Å²) in [6.45, 7) is 12.2. The lowest BCUT2D eigenvalue weighted by Crippen LogP contribution is -2.46. The lowest BCUT2D eigenvalue weighted by Gasteiger charge is -2.34. The summed E-state index contributed by atoms with van der Waals surface area (Å²) in [5.41, 5.74) is 4.45. The minimum Gasteiger partial charge on any atom is -0.306 e. The summed E-state index contributed by atoms with van der Waals surface area (Å²) < 4.78 is 0. The number of hydrogen-bond donors (Lipinski definition) is 0. The monoisotopic (exact) mass is 275 g/mol. The molecule has 1 saturated heterocycles. The number of piperidine rings is 1. The van der Waals surface area contributed by atoms with Crippen LogP contribution in [0.25, 0.3) is 0 Å². The van der Waals surface area contributed by atoms with E-state index in [9.17, 15) is 0 Å². The first kappa shape index (κ1) is 14.8. The average Bonchev–Trinajstić information content (AvgIpc) is 2.33. The maximum Gasteiger partial charge on any atom is 0.0672 e. The highest BCUT2D eigenvalue weighted by molar-refractivity contribution is 6.77. The Morgan fingerprint density at radius 2 is 1.74 bits per heavy atom. The first-order chi connectivity index (χ1) is 8.96. The largest absolute Gasteiger partial charge is 0.306 e. The fourth-order valence-electron chi connectivity index (χ4n) is 3.34. The molecular formula is C17H29NSi. The summed E-state index contributed by atoms with van der Waals surface area (Å²) in [7, 11) is -1.15. The van der Waals surface area contributed by atoms with Crippen LogP contribution in [-0.4, -0.2) is 32.2 Å². The number of hydrogen-bond acceptors (Lipinski definition) is 1. The van der Waals surface area contributed by atoms with E-state index in [2.05, 4.69) is 50.0 Å². The summed E-state index contributed by atoms with van der Waals surface area (Å²) in [6, 6.07) is 8.29. The van der Waals surface area contributed by atoms with Crippen molar-refractivity contribution in [2.24, 2.45) is 0 Å². The molecule has 1 aromatic carbocycles. The average molecular weight is 276 g/mol. The van der Waals surface area contributed by atoms with Crippen LogP contribution in [0, 0.1) is 13.8 Å². The third-order valence-corrected chi connectivity index (χ3v) is 6.91. The highest BCUT2D eigenvalue weighted by atomic mass is 28.3. The number of benzene rings is 1.